The molecule has 2 N–H and O–H groups in total. The van der Waals surface area contributed by atoms with Crippen LogP contribution in [0.15, 0.2) is 36.7 Å². The molecule has 2 aliphatic heterocycles. The molecule has 5 rings (SSSR count). The van der Waals surface area contributed by atoms with Crippen LogP contribution >= 0.6 is 0 Å². The zero-order valence-electron chi connectivity index (χ0n) is 21.8. The summed E-state index contributed by atoms with van der Waals surface area (Å²) in [7, 11) is 0. The van der Waals surface area contributed by atoms with Crippen molar-refractivity contribution in [3.63, 3.8) is 0 Å². The lowest BCUT2D eigenvalue weighted by molar-refractivity contribution is -0.145. The van der Waals surface area contributed by atoms with Crippen LogP contribution in [0.4, 0.5) is 27.8 Å². The number of hydrogen-bond donors (Lipinski definition) is 2. The number of pyridine rings is 1. The number of benzene rings is 1. The highest BCUT2D eigenvalue weighted by Crippen LogP contribution is 2.33. The molecule has 4 heterocycles. The van der Waals surface area contributed by atoms with Gasteiger partial charge in [0.1, 0.15) is 5.82 Å². The van der Waals surface area contributed by atoms with E-state index in [1.807, 2.05) is 11.0 Å². The number of nitrogens with one attached hydrogen (secondary N) is 1. The summed E-state index contributed by atoms with van der Waals surface area (Å²) in [6.45, 7) is 2.89. The maximum Gasteiger partial charge on any atom is 0.451 e. The number of likely N-dealkylation sites (tertiary alicyclic amines) is 1. The fraction of sp³-hybridized carbons (Fsp3) is 0.481. The van der Waals surface area contributed by atoms with Gasteiger partial charge in [-0.2, -0.15) is 13.2 Å². The van der Waals surface area contributed by atoms with Gasteiger partial charge in [0.25, 0.3) is 11.8 Å². The van der Waals surface area contributed by atoms with E-state index in [0.717, 1.165) is 12.4 Å². The molecule has 3 aromatic rings. The van der Waals surface area contributed by atoms with Gasteiger partial charge in [0, 0.05) is 68.9 Å². The molecule has 0 spiro atoms. The van der Waals surface area contributed by atoms with E-state index < -0.39 is 48.8 Å². The third-order valence-electron chi connectivity index (χ3n) is 7.52. The van der Waals surface area contributed by atoms with Crippen molar-refractivity contribution in [3.05, 3.63) is 59.2 Å². The number of aromatic nitrogens is 3. The Labute approximate surface area is 227 Å². The van der Waals surface area contributed by atoms with Crippen molar-refractivity contribution in [3.8, 4) is 0 Å². The van der Waals surface area contributed by atoms with Crippen LogP contribution in [0.1, 0.15) is 52.6 Å². The summed E-state index contributed by atoms with van der Waals surface area (Å²) >= 11 is 0. The number of rotatable bonds is 6. The molecule has 2 aromatic heterocycles. The van der Waals surface area contributed by atoms with E-state index in [1.54, 1.807) is 30.0 Å². The number of alkyl halides is 5. The van der Waals surface area contributed by atoms with Crippen molar-refractivity contribution in [2.45, 2.75) is 50.4 Å². The fourth-order valence-corrected chi connectivity index (χ4v) is 5.28. The summed E-state index contributed by atoms with van der Waals surface area (Å²) in [5.74, 6) is -3.84. The molecular weight excluding hydrogens is 535 g/mol. The lowest BCUT2D eigenvalue weighted by Crippen LogP contribution is -2.45. The average molecular weight is 565 g/mol. The number of nitrogens with zero attached hydrogens (tertiary/aromatic N) is 5. The summed E-state index contributed by atoms with van der Waals surface area (Å²) < 4.78 is 66.7. The topological polar surface area (TPSA) is 94.5 Å². The Kier molecular flexibility index (Phi) is 7.62. The number of hydrogen-bond acceptors (Lipinski definition) is 7. The van der Waals surface area contributed by atoms with E-state index in [-0.39, 0.29) is 25.2 Å². The smallest absolute Gasteiger partial charge is 0.391 e. The summed E-state index contributed by atoms with van der Waals surface area (Å²) in [4.78, 5) is 28.7. The molecule has 0 aliphatic carbocycles. The quantitative estimate of drug-likeness (QED) is 0.435. The Hall–Kier alpha value is -3.45. The lowest BCUT2D eigenvalue weighted by atomic mass is 10.00. The van der Waals surface area contributed by atoms with Gasteiger partial charge in [-0.05, 0) is 37.1 Å². The standard InChI is InChI=1S/C27H29F5N6O2/c1-16-2-4-20-19(3-5-22(36-20)38-9-6-18(39)15-38)23(16)24(40)33-14-21(37-10-7-26(28,29)8-11-37)17-12-34-25(35-13-17)27(30,31)32/h2-5,12-13,18,21,39H,6-11,14-15H2,1H3,(H,33,40)/t18-,21?/m1/s1. The van der Waals surface area contributed by atoms with Crippen LogP contribution in [0.3, 0.4) is 0 Å². The second kappa shape index (κ2) is 10.8. The molecule has 2 aliphatic rings. The lowest BCUT2D eigenvalue weighted by Gasteiger charge is -2.37. The highest BCUT2D eigenvalue weighted by molar-refractivity contribution is 6.07. The summed E-state index contributed by atoms with van der Waals surface area (Å²) in [6.07, 6.45) is -3.21. The van der Waals surface area contributed by atoms with Crippen LogP contribution in [0.2, 0.25) is 0 Å². The van der Waals surface area contributed by atoms with Crippen molar-refractivity contribution < 1.29 is 31.9 Å². The van der Waals surface area contributed by atoms with Crippen LogP contribution < -0.4 is 10.2 Å². The molecular formula is C27H29F5N6O2. The van der Waals surface area contributed by atoms with Crippen LogP contribution in [0.25, 0.3) is 10.9 Å². The SMILES string of the molecule is Cc1ccc2nc(N3CC[C@@H](O)C3)ccc2c1C(=O)NCC(c1cnc(C(F)(F)F)nc1)N1CCC(F)(F)CC1. The number of carbonyl (C=O) groups excluding carboxylic acids is 1. The molecule has 1 unspecified atom stereocenters. The van der Waals surface area contributed by atoms with Crippen LogP contribution in [0.5, 0.6) is 0 Å². The molecule has 2 atom stereocenters. The van der Waals surface area contributed by atoms with E-state index in [2.05, 4.69) is 20.3 Å². The third-order valence-corrected chi connectivity index (χ3v) is 7.52. The van der Waals surface area contributed by atoms with E-state index in [9.17, 15) is 31.9 Å². The summed E-state index contributed by atoms with van der Waals surface area (Å²) in [5, 5.41) is 13.3. The molecule has 0 radical (unpaired) electrons. The Bertz CT molecular complexity index is 1370. The molecule has 13 heteroatoms. The van der Waals surface area contributed by atoms with Gasteiger partial charge in [-0.15, -0.1) is 0 Å². The second-order valence-electron chi connectivity index (χ2n) is 10.3. The first-order valence-corrected chi connectivity index (χ1v) is 13.0. The summed E-state index contributed by atoms with van der Waals surface area (Å²) in [5.41, 5.74) is 1.97. The van der Waals surface area contributed by atoms with E-state index in [1.165, 1.54) is 0 Å². The second-order valence-corrected chi connectivity index (χ2v) is 10.3. The van der Waals surface area contributed by atoms with Gasteiger partial charge in [0.15, 0.2) is 0 Å². The zero-order chi connectivity index (χ0) is 28.7. The normalized spacial score (nSPS) is 20.6. The maximum absolute atomic E-state index is 13.8. The van der Waals surface area contributed by atoms with Crippen molar-refractivity contribution in [2.75, 3.05) is 37.6 Å². The van der Waals surface area contributed by atoms with Crippen LogP contribution in [-0.2, 0) is 6.18 Å². The van der Waals surface area contributed by atoms with E-state index in [4.69, 9.17) is 0 Å². The van der Waals surface area contributed by atoms with Gasteiger partial charge in [0.05, 0.1) is 23.2 Å². The number of β-amino-alcohol motifs (C(OH)–C–C–N with tert-alkyl or cyclic N) is 1. The predicted octanol–water partition coefficient (Wildman–Crippen LogP) is 4.13. The molecule has 1 aromatic carbocycles. The first-order valence-electron chi connectivity index (χ1n) is 13.0. The minimum atomic E-state index is -4.72. The highest BCUT2D eigenvalue weighted by Gasteiger charge is 2.38. The minimum absolute atomic E-state index is 0.000249. The largest absolute Gasteiger partial charge is 0.451 e. The minimum Gasteiger partial charge on any atom is -0.391 e. The van der Waals surface area contributed by atoms with Gasteiger partial charge in [0.2, 0.25) is 5.82 Å². The number of amides is 1. The van der Waals surface area contributed by atoms with Crippen LogP contribution in [-0.4, -0.2) is 75.6 Å². The zero-order valence-corrected chi connectivity index (χ0v) is 21.8. The molecule has 0 saturated carbocycles. The number of anilines is 1. The van der Waals surface area contributed by atoms with Gasteiger partial charge >= 0.3 is 6.18 Å². The molecule has 0 bridgehead atoms. The predicted molar refractivity (Wildman–Crippen MR) is 137 cm³/mol. The molecule has 2 saturated heterocycles. The number of carbonyl (C=O) groups is 1. The summed E-state index contributed by atoms with van der Waals surface area (Å²) in [6, 6.07) is 6.49. The first-order chi connectivity index (χ1) is 18.9. The highest BCUT2D eigenvalue weighted by atomic mass is 19.4. The Balaban J connectivity index is 1.38. The number of aliphatic hydroxyl groups excluding tert-OH is 1. The van der Waals surface area contributed by atoms with Crippen molar-refractivity contribution in [1.29, 1.82) is 0 Å². The Morgan fingerprint density at radius 1 is 1.12 bits per heavy atom. The maximum atomic E-state index is 13.8. The fourth-order valence-electron chi connectivity index (χ4n) is 5.28. The van der Waals surface area contributed by atoms with Crippen LogP contribution in [0, 0.1) is 6.92 Å². The average Bonchev–Trinajstić information content (AvgIpc) is 3.35. The van der Waals surface area contributed by atoms with Gasteiger partial charge in [-0.3, -0.25) is 9.69 Å². The number of aryl methyl sites for hydroxylation is 1. The number of piperidine rings is 1. The molecule has 8 nitrogen and oxygen atoms in total. The van der Waals surface area contributed by atoms with Gasteiger partial charge in [-0.25, -0.2) is 23.7 Å². The van der Waals surface area contributed by atoms with Gasteiger partial charge < -0.3 is 15.3 Å². The van der Waals surface area contributed by atoms with E-state index in [0.29, 0.717) is 47.4 Å². The van der Waals surface area contributed by atoms with Gasteiger partial charge in [-0.1, -0.05) is 6.07 Å². The third kappa shape index (κ3) is 5.99. The first kappa shape index (κ1) is 28.1. The van der Waals surface area contributed by atoms with Crippen molar-refractivity contribution in [1.82, 2.24) is 25.2 Å². The molecule has 1 amide bonds. The van der Waals surface area contributed by atoms with E-state index >= 15 is 0 Å². The van der Waals surface area contributed by atoms with Crippen molar-refractivity contribution in [2.24, 2.45) is 0 Å². The Morgan fingerprint density at radius 2 is 1.82 bits per heavy atom. The van der Waals surface area contributed by atoms with Crippen molar-refractivity contribution >= 4 is 22.6 Å². The number of halogens is 5. The monoisotopic (exact) mass is 564 g/mol. The molecule has 214 valence electrons. The molecule has 40 heavy (non-hydrogen) atoms. The number of fused-ring (bicyclic) bond motifs is 1. The molecule has 2 fully saturated rings. The number of aliphatic hydroxyl groups is 1. The Morgan fingerprint density at radius 3 is 2.45 bits per heavy atom.